The van der Waals surface area contributed by atoms with Crippen LogP contribution in [0, 0.1) is 0 Å². The molecule has 7 aromatic carbocycles. The second-order valence-electron chi connectivity index (χ2n) is 14.2. The molecule has 0 aromatic heterocycles. The first kappa shape index (κ1) is 35.0. The molecule has 4 amide bonds. The summed E-state index contributed by atoms with van der Waals surface area (Å²) in [6.45, 7) is 4.61. The SMILES string of the molecule is CCCCN1C(=O)c2ccc3c4c(Oc5ccc(OC)cc5)cc5c6c(ccc(c7c(Oc8ccc(OC)cc8)cc(c2c37)C1=O)c64)C(=O)N(CCCC)C5=O. The van der Waals surface area contributed by atoms with Crippen LogP contribution in [0.15, 0.2) is 84.9 Å². The minimum atomic E-state index is -0.395. The van der Waals surface area contributed by atoms with Crippen LogP contribution in [0.25, 0.3) is 43.1 Å². The zero-order valence-electron chi connectivity index (χ0n) is 31.5. The van der Waals surface area contributed by atoms with Gasteiger partial charge in [-0.1, -0.05) is 38.8 Å². The number of imide groups is 2. The Kier molecular flexibility index (Phi) is 8.49. The van der Waals surface area contributed by atoms with E-state index in [0.29, 0.717) is 113 Å². The lowest BCUT2D eigenvalue weighted by Crippen LogP contribution is -2.41. The van der Waals surface area contributed by atoms with Gasteiger partial charge in [0.15, 0.2) is 0 Å². The zero-order chi connectivity index (χ0) is 38.8. The molecule has 10 heteroatoms. The Morgan fingerprint density at radius 1 is 0.429 bits per heavy atom. The van der Waals surface area contributed by atoms with Crippen molar-refractivity contribution in [3.05, 3.63) is 107 Å². The second kappa shape index (κ2) is 13.6. The average molecular weight is 747 g/mol. The zero-order valence-corrected chi connectivity index (χ0v) is 31.5. The predicted octanol–water partition coefficient (Wildman–Crippen LogP) is 10.1. The van der Waals surface area contributed by atoms with Crippen LogP contribution in [0.1, 0.15) is 81.0 Å². The number of rotatable bonds is 12. The number of unbranched alkanes of at least 4 members (excludes halogenated alkanes) is 2. The van der Waals surface area contributed by atoms with Crippen molar-refractivity contribution in [1.29, 1.82) is 0 Å². The first-order chi connectivity index (χ1) is 27.3. The number of carbonyl (C=O) groups is 4. The van der Waals surface area contributed by atoms with Gasteiger partial charge in [-0.3, -0.25) is 29.0 Å². The molecule has 2 aliphatic heterocycles. The molecule has 0 saturated carbocycles. The molecule has 0 saturated heterocycles. The summed E-state index contributed by atoms with van der Waals surface area (Å²) >= 11 is 0. The minimum Gasteiger partial charge on any atom is -0.497 e. The maximum absolute atomic E-state index is 14.4. The van der Waals surface area contributed by atoms with Crippen LogP contribution in [0.3, 0.4) is 0 Å². The lowest BCUT2D eigenvalue weighted by atomic mass is 9.81. The van der Waals surface area contributed by atoms with E-state index in [-0.39, 0.29) is 24.9 Å². The molecule has 9 rings (SSSR count). The Hall–Kier alpha value is -6.68. The highest BCUT2D eigenvalue weighted by atomic mass is 16.5. The van der Waals surface area contributed by atoms with Gasteiger partial charge in [-0.05, 0) is 96.4 Å². The molecule has 0 bridgehead atoms. The van der Waals surface area contributed by atoms with Crippen LogP contribution in [0.4, 0.5) is 0 Å². The Morgan fingerprint density at radius 3 is 1.14 bits per heavy atom. The van der Waals surface area contributed by atoms with Crippen molar-refractivity contribution in [2.75, 3.05) is 27.3 Å². The normalized spacial score (nSPS) is 13.9. The number of ether oxygens (including phenoxy) is 4. The largest absolute Gasteiger partial charge is 0.497 e. The Labute approximate surface area is 322 Å². The third-order valence-electron chi connectivity index (χ3n) is 11.0. The van der Waals surface area contributed by atoms with E-state index < -0.39 is 11.8 Å². The summed E-state index contributed by atoms with van der Waals surface area (Å²) in [6.07, 6.45) is 2.96. The molecule has 56 heavy (non-hydrogen) atoms. The Bertz CT molecular complexity index is 2580. The maximum Gasteiger partial charge on any atom is 0.261 e. The summed E-state index contributed by atoms with van der Waals surface area (Å²) < 4.78 is 24.2. The molecular weight excluding hydrogens is 709 g/mol. The summed E-state index contributed by atoms with van der Waals surface area (Å²) in [5.41, 5.74) is 1.53. The smallest absolute Gasteiger partial charge is 0.261 e. The van der Waals surface area contributed by atoms with Gasteiger partial charge in [-0.2, -0.15) is 0 Å². The van der Waals surface area contributed by atoms with E-state index in [4.69, 9.17) is 18.9 Å². The molecule has 2 heterocycles. The molecular formula is C46H38N2O8. The van der Waals surface area contributed by atoms with Crippen molar-refractivity contribution >= 4 is 66.7 Å². The number of carbonyl (C=O) groups excluding carboxylic acids is 4. The van der Waals surface area contributed by atoms with Gasteiger partial charge in [0.05, 0.1) is 25.3 Å². The molecule has 0 unspecified atom stereocenters. The molecule has 10 nitrogen and oxygen atoms in total. The standard InChI is InChI=1S/C46H38N2O8/c1-5-7-21-47-43(49)31-19-17-29-40-36(56-28-15-11-26(54-4)12-16-28)24-34-38-32(44(50)48(46(34)52)22-8-6-2)20-18-30(42(38)40)39-35(23-33(45(47)51)37(31)41(29)39)55-27-13-9-25(53-3)10-14-27/h9-20,23-24H,5-8,21-22H2,1-4H3. The van der Waals surface area contributed by atoms with Gasteiger partial charge in [0.2, 0.25) is 0 Å². The second-order valence-corrected chi connectivity index (χ2v) is 14.2. The fourth-order valence-electron chi connectivity index (χ4n) is 8.23. The summed E-state index contributed by atoms with van der Waals surface area (Å²) in [5.74, 6) is 1.58. The molecule has 0 radical (unpaired) electrons. The van der Waals surface area contributed by atoms with Gasteiger partial charge in [0, 0.05) is 56.5 Å². The van der Waals surface area contributed by atoms with E-state index in [1.165, 1.54) is 9.80 Å². The molecule has 0 atom stereocenters. The van der Waals surface area contributed by atoms with E-state index in [0.717, 1.165) is 12.8 Å². The number of amides is 4. The molecule has 0 spiro atoms. The predicted molar refractivity (Wildman–Crippen MR) is 214 cm³/mol. The summed E-state index contributed by atoms with van der Waals surface area (Å²) in [7, 11) is 3.18. The van der Waals surface area contributed by atoms with Crippen molar-refractivity contribution in [2.45, 2.75) is 39.5 Å². The summed E-state index contributed by atoms with van der Waals surface area (Å²) in [6, 6.07) is 25.0. The van der Waals surface area contributed by atoms with Crippen LogP contribution in [-0.4, -0.2) is 60.7 Å². The fraction of sp³-hybridized carbons (Fsp3) is 0.217. The molecule has 0 aliphatic carbocycles. The number of methoxy groups -OCH3 is 2. The van der Waals surface area contributed by atoms with Gasteiger partial charge in [0.25, 0.3) is 23.6 Å². The fourth-order valence-corrected chi connectivity index (χ4v) is 8.23. The molecule has 0 N–H and O–H groups in total. The van der Waals surface area contributed by atoms with Crippen molar-refractivity contribution in [3.63, 3.8) is 0 Å². The van der Waals surface area contributed by atoms with Crippen molar-refractivity contribution in [2.24, 2.45) is 0 Å². The van der Waals surface area contributed by atoms with E-state index in [1.807, 2.05) is 26.0 Å². The molecule has 0 fully saturated rings. The monoisotopic (exact) mass is 746 g/mol. The first-order valence-electron chi connectivity index (χ1n) is 18.9. The van der Waals surface area contributed by atoms with Gasteiger partial charge in [0.1, 0.15) is 34.5 Å². The van der Waals surface area contributed by atoms with Crippen LogP contribution < -0.4 is 18.9 Å². The van der Waals surface area contributed by atoms with Gasteiger partial charge in [-0.15, -0.1) is 0 Å². The molecule has 2 aliphatic rings. The summed E-state index contributed by atoms with van der Waals surface area (Å²) in [4.78, 5) is 59.7. The highest BCUT2D eigenvalue weighted by Crippen LogP contribution is 2.53. The summed E-state index contributed by atoms with van der Waals surface area (Å²) in [5, 5.41) is 4.97. The molecule has 7 aromatic rings. The van der Waals surface area contributed by atoms with Gasteiger partial charge in [-0.25, -0.2) is 0 Å². The number of nitrogens with zero attached hydrogens (tertiary/aromatic N) is 2. The average Bonchev–Trinajstić information content (AvgIpc) is 3.22. The number of benzene rings is 7. The van der Waals surface area contributed by atoms with Crippen LogP contribution in [0.2, 0.25) is 0 Å². The lowest BCUT2D eigenvalue weighted by molar-refractivity contribution is 0.0593. The van der Waals surface area contributed by atoms with E-state index in [9.17, 15) is 19.2 Å². The van der Waals surface area contributed by atoms with E-state index in [2.05, 4.69) is 0 Å². The number of fused-ring (bicyclic) bond motifs is 2. The highest BCUT2D eigenvalue weighted by molar-refractivity contribution is 6.43. The number of hydrogen-bond donors (Lipinski definition) is 0. The van der Waals surface area contributed by atoms with Crippen LogP contribution in [0.5, 0.6) is 34.5 Å². The maximum atomic E-state index is 14.4. The quantitative estimate of drug-likeness (QED) is 0.0690. The Balaban J connectivity index is 1.42. The topological polar surface area (TPSA) is 112 Å². The minimum absolute atomic E-state index is 0.290. The third-order valence-corrected chi connectivity index (χ3v) is 11.0. The van der Waals surface area contributed by atoms with Crippen molar-refractivity contribution in [3.8, 4) is 34.5 Å². The third kappa shape index (κ3) is 5.23. The Morgan fingerprint density at radius 2 is 0.786 bits per heavy atom. The lowest BCUT2D eigenvalue weighted by Gasteiger charge is -2.31. The van der Waals surface area contributed by atoms with E-state index in [1.54, 1.807) is 87.0 Å². The van der Waals surface area contributed by atoms with Gasteiger partial charge < -0.3 is 18.9 Å². The first-order valence-corrected chi connectivity index (χ1v) is 18.9. The molecule has 280 valence electrons. The van der Waals surface area contributed by atoms with Gasteiger partial charge >= 0.3 is 0 Å². The van der Waals surface area contributed by atoms with E-state index >= 15 is 0 Å². The van der Waals surface area contributed by atoms with Crippen molar-refractivity contribution in [1.82, 2.24) is 9.80 Å². The van der Waals surface area contributed by atoms with Crippen LogP contribution >= 0.6 is 0 Å². The highest BCUT2D eigenvalue weighted by Gasteiger charge is 2.38. The van der Waals surface area contributed by atoms with Crippen molar-refractivity contribution < 1.29 is 38.1 Å². The number of hydrogen-bond acceptors (Lipinski definition) is 8. The van der Waals surface area contributed by atoms with Crippen LogP contribution in [-0.2, 0) is 0 Å².